The quantitative estimate of drug-likeness (QED) is 0.732. The van der Waals surface area contributed by atoms with Crippen LogP contribution in [0.5, 0.6) is 11.5 Å². The van der Waals surface area contributed by atoms with Crippen LogP contribution in [0.25, 0.3) is 10.9 Å². The normalized spacial score (nSPS) is 12.5. The molecule has 1 aromatic heterocycles. The van der Waals surface area contributed by atoms with Gasteiger partial charge in [-0.2, -0.15) is 0 Å². The number of nitrogens with zero attached hydrogens (tertiary/aromatic N) is 1. The third-order valence-corrected chi connectivity index (χ3v) is 4.46. The average Bonchev–Trinajstić information content (AvgIpc) is 3.18. The topological polar surface area (TPSA) is 52.5 Å². The Kier molecular flexibility index (Phi) is 3.90. The van der Waals surface area contributed by atoms with Gasteiger partial charge in [-0.15, -0.1) is 0 Å². The summed E-state index contributed by atoms with van der Waals surface area (Å²) in [6.45, 7) is 0.852. The highest BCUT2D eigenvalue weighted by molar-refractivity contribution is 9.10. The fourth-order valence-electron chi connectivity index (χ4n) is 2.79. The van der Waals surface area contributed by atoms with Crippen LogP contribution in [0.3, 0.4) is 0 Å². The Labute approximate surface area is 147 Å². The monoisotopic (exact) mass is 386 g/mol. The number of hydrogen-bond donors (Lipinski definition) is 1. The number of fused-ring (bicyclic) bond motifs is 2. The van der Waals surface area contributed by atoms with E-state index in [1.165, 1.54) is 0 Å². The van der Waals surface area contributed by atoms with Crippen LogP contribution in [-0.4, -0.2) is 17.3 Å². The van der Waals surface area contributed by atoms with Crippen molar-refractivity contribution in [2.24, 2.45) is 0 Å². The van der Waals surface area contributed by atoms with Crippen molar-refractivity contribution in [2.45, 2.75) is 13.0 Å². The number of aryl methyl sites for hydroxylation is 1. The van der Waals surface area contributed by atoms with Crippen molar-refractivity contribution in [1.29, 1.82) is 0 Å². The van der Waals surface area contributed by atoms with Gasteiger partial charge >= 0.3 is 0 Å². The molecule has 3 aromatic rings. The zero-order valence-electron chi connectivity index (χ0n) is 12.8. The van der Waals surface area contributed by atoms with E-state index in [0.29, 0.717) is 30.2 Å². The highest BCUT2D eigenvalue weighted by atomic mass is 79.9. The van der Waals surface area contributed by atoms with Crippen LogP contribution in [0.1, 0.15) is 6.42 Å². The molecule has 0 fully saturated rings. The number of benzene rings is 2. The van der Waals surface area contributed by atoms with Crippen LogP contribution in [0.2, 0.25) is 0 Å². The lowest BCUT2D eigenvalue weighted by Crippen LogP contribution is -2.14. The summed E-state index contributed by atoms with van der Waals surface area (Å²) in [5.41, 5.74) is 1.83. The molecule has 1 N–H and O–H groups in total. The van der Waals surface area contributed by atoms with E-state index in [2.05, 4.69) is 44.0 Å². The Hall–Kier alpha value is -2.47. The van der Waals surface area contributed by atoms with Crippen LogP contribution in [0.4, 0.5) is 5.69 Å². The van der Waals surface area contributed by atoms with Gasteiger partial charge in [-0.25, -0.2) is 0 Å². The first kappa shape index (κ1) is 15.1. The van der Waals surface area contributed by atoms with Gasteiger partial charge in [0.25, 0.3) is 0 Å². The molecule has 0 saturated heterocycles. The first-order valence-corrected chi connectivity index (χ1v) is 8.42. The number of carbonyl (C=O) groups excluding carboxylic acids is 1. The molecule has 24 heavy (non-hydrogen) atoms. The highest BCUT2D eigenvalue weighted by Gasteiger charge is 2.14. The number of halogens is 1. The van der Waals surface area contributed by atoms with E-state index >= 15 is 0 Å². The van der Waals surface area contributed by atoms with Gasteiger partial charge in [-0.1, -0.05) is 15.9 Å². The number of hydrogen-bond acceptors (Lipinski definition) is 3. The second kappa shape index (κ2) is 6.20. The molecule has 0 radical (unpaired) electrons. The summed E-state index contributed by atoms with van der Waals surface area (Å²) >= 11 is 3.47. The smallest absolute Gasteiger partial charge is 0.231 e. The molecule has 2 heterocycles. The zero-order valence-corrected chi connectivity index (χ0v) is 14.4. The number of amides is 1. The summed E-state index contributed by atoms with van der Waals surface area (Å²) in [5.74, 6) is 1.33. The molecular formula is C18H15BrN2O3. The SMILES string of the molecule is O=C(CCn1ccc2cc(Br)ccc21)Nc1ccc2c(c1)OCO2. The summed E-state index contributed by atoms with van der Waals surface area (Å²) in [6, 6.07) is 13.6. The molecule has 4 rings (SSSR count). The maximum Gasteiger partial charge on any atom is 0.231 e. The molecule has 122 valence electrons. The fourth-order valence-corrected chi connectivity index (χ4v) is 3.16. The van der Waals surface area contributed by atoms with Crippen molar-refractivity contribution < 1.29 is 14.3 Å². The number of anilines is 1. The standard InChI is InChI=1S/C18H15BrN2O3/c19-13-1-3-15-12(9-13)5-7-21(15)8-6-18(22)20-14-2-4-16-17(10-14)24-11-23-16/h1-5,7,9-10H,6,8,11H2,(H,20,22). The summed E-state index contributed by atoms with van der Waals surface area (Å²) in [6.07, 6.45) is 2.40. The number of rotatable bonds is 4. The van der Waals surface area contributed by atoms with E-state index in [1.807, 2.05) is 18.3 Å². The molecule has 6 heteroatoms. The van der Waals surface area contributed by atoms with Crippen molar-refractivity contribution in [3.05, 3.63) is 53.1 Å². The lowest BCUT2D eigenvalue weighted by Gasteiger charge is -2.08. The van der Waals surface area contributed by atoms with Gasteiger partial charge in [0.2, 0.25) is 12.7 Å². The van der Waals surface area contributed by atoms with Gasteiger partial charge in [0.1, 0.15) is 0 Å². The third kappa shape index (κ3) is 2.97. The second-order valence-corrected chi connectivity index (χ2v) is 6.49. The van der Waals surface area contributed by atoms with Crippen molar-refractivity contribution in [1.82, 2.24) is 4.57 Å². The van der Waals surface area contributed by atoms with E-state index in [0.717, 1.165) is 15.4 Å². The Morgan fingerprint density at radius 1 is 1.12 bits per heavy atom. The van der Waals surface area contributed by atoms with Gasteiger partial charge in [0, 0.05) is 46.3 Å². The van der Waals surface area contributed by atoms with Crippen LogP contribution in [0.15, 0.2) is 53.1 Å². The minimum atomic E-state index is -0.0344. The number of ether oxygens (including phenoxy) is 2. The number of aromatic nitrogens is 1. The average molecular weight is 387 g/mol. The lowest BCUT2D eigenvalue weighted by molar-refractivity contribution is -0.116. The molecule has 0 atom stereocenters. The van der Waals surface area contributed by atoms with Crippen LogP contribution >= 0.6 is 15.9 Å². The second-order valence-electron chi connectivity index (χ2n) is 5.58. The summed E-state index contributed by atoms with van der Waals surface area (Å²) < 4.78 is 13.7. The molecule has 5 nitrogen and oxygen atoms in total. The first-order chi connectivity index (χ1) is 11.7. The Morgan fingerprint density at radius 2 is 2.00 bits per heavy atom. The van der Waals surface area contributed by atoms with E-state index < -0.39 is 0 Å². The molecule has 1 amide bonds. The predicted molar refractivity (Wildman–Crippen MR) is 95.4 cm³/mol. The van der Waals surface area contributed by atoms with Gasteiger partial charge in [-0.05, 0) is 36.4 Å². The number of carbonyl (C=O) groups is 1. The third-order valence-electron chi connectivity index (χ3n) is 3.97. The first-order valence-electron chi connectivity index (χ1n) is 7.63. The van der Waals surface area contributed by atoms with Gasteiger partial charge in [0.15, 0.2) is 11.5 Å². The Morgan fingerprint density at radius 3 is 2.92 bits per heavy atom. The molecule has 0 bridgehead atoms. The molecule has 0 spiro atoms. The van der Waals surface area contributed by atoms with E-state index in [-0.39, 0.29) is 12.7 Å². The lowest BCUT2D eigenvalue weighted by atomic mass is 10.2. The molecule has 0 aliphatic carbocycles. The summed E-state index contributed by atoms with van der Waals surface area (Å²) in [7, 11) is 0. The zero-order chi connectivity index (χ0) is 16.5. The van der Waals surface area contributed by atoms with E-state index in [9.17, 15) is 4.79 Å². The Bertz CT molecular complexity index is 920. The largest absolute Gasteiger partial charge is 0.454 e. The van der Waals surface area contributed by atoms with Crippen molar-refractivity contribution in [3.8, 4) is 11.5 Å². The minimum absolute atomic E-state index is 0.0344. The van der Waals surface area contributed by atoms with Crippen molar-refractivity contribution in [2.75, 3.05) is 12.1 Å². The maximum absolute atomic E-state index is 12.2. The fraction of sp³-hybridized carbons (Fsp3) is 0.167. The van der Waals surface area contributed by atoms with Crippen LogP contribution in [-0.2, 0) is 11.3 Å². The summed E-state index contributed by atoms with van der Waals surface area (Å²) in [5, 5.41) is 4.05. The predicted octanol–water partition coefficient (Wildman–Crippen LogP) is 4.16. The molecule has 0 saturated carbocycles. The van der Waals surface area contributed by atoms with Crippen molar-refractivity contribution in [3.63, 3.8) is 0 Å². The molecule has 1 aliphatic heterocycles. The minimum Gasteiger partial charge on any atom is -0.454 e. The molecule has 0 unspecified atom stereocenters. The van der Waals surface area contributed by atoms with Gasteiger partial charge in [-0.3, -0.25) is 4.79 Å². The molecular weight excluding hydrogens is 372 g/mol. The van der Waals surface area contributed by atoms with E-state index in [4.69, 9.17) is 9.47 Å². The van der Waals surface area contributed by atoms with Crippen LogP contribution in [0, 0.1) is 0 Å². The summed E-state index contributed by atoms with van der Waals surface area (Å²) in [4.78, 5) is 12.2. The maximum atomic E-state index is 12.2. The Balaban J connectivity index is 1.41. The van der Waals surface area contributed by atoms with E-state index in [1.54, 1.807) is 12.1 Å². The van der Waals surface area contributed by atoms with Crippen molar-refractivity contribution >= 4 is 38.4 Å². The highest BCUT2D eigenvalue weighted by Crippen LogP contribution is 2.34. The van der Waals surface area contributed by atoms with Gasteiger partial charge in [0.05, 0.1) is 0 Å². The number of nitrogens with one attached hydrogen (secondary N) is 1. The molecule has 2 aromatic carbocycles. The molecule has 1 aliphatic rings. The van der Waals surface area contributed by atoms with Gasteiger partial charge < -0.3 is 19.4 Å². The van der Waals surface area contributed by atoms with Crippen LogP contribution < -0.4 is 14.8 Å².